The first-order valence-electron chi connectivity index (χ1n) is 9.72. The molecule has 0 aromatic rings. The van der Waals surface area contributed by atoms with Crippen LogP contribution in [0.3, 0.4) is 0 Å². The Morgan fingerprint density at radius 1 is 0.636 bits per heavy atom. The summed E-state index contributed by atoms with van der Waals surface area (Å²) in [6, 6.07) is 0. The molecule has 0 saturated heterocycles. The van der Waals surface area contributed by atoms with Gasteiger partial charge in [0.15, 0.2) is 0 Å². The molecule has 0 aliphatic rings. The molecule has 2 heteroatoms. The standard InChI is InChI=1S/C20H39O2/c1-2-3-4-5-6-7-8-9-10-11-12-13-14-15-16-17-19-22-20-18-21/h14-15H,2-13,16-20H2,1H3. The number of rotatable bonds is 18. The molecule has 0 saturated carbocycles. The lowest BCUT2D eigenvalue weighted by atomic mass is 10.1. The van der Waals surface area contributed by atoms with Crippen LogP contribution in [-0.4, -0.2) is 19.8 Å². The van der Waals surface area contributed by atoms with Crippen molar-refractivity contribution in [1.82, 2.24) is 0 Å². The molecular formula is C20H39O2. The number of unbranched alkanes of at least 4 members (excludes halogenated alkanes) is 12. The Morgan fingerprint density at radius 2 is 1.14 bits per heavy atom. The van der Waals surface area contributed by atoms with Crippen LogP contribution < -0.4 is 0 Å². The van der Waals surface area contributed by atoms with Gasteiger partial charge in [-0.2, -0.15) is 0 Å². The predicted octanol–water partition coefficient (Wildman–Crippen LogP) is 6.47. The van der Waals surface area contributed by atoms with Crippen molar-refractivity contribution in [3.63, 3.8) is 0 Å². The quantitative estimate of drug-likeness (QED) is 0.211. The second-order valence-corrected chi connectivity index (χ2v) is 6.25. The van der Waals surface area contributed by atoms with Gasteiger partial charge < -0.3 is 4.74 Å². The summed E-state index contributed by atoms with van der Waals surface area (Å²) in [5, 5.41) is 10.2. The van der Waals surface area contributed by atoms with Crippen LogP contribution in [0.2, 0.25) is 0 Å². The zero-order chi connectivity index (χ0) is 16.1. The molecule has 0 atom stereocenters. The average Bonchev–Trinajstić information content (AvgIpc) is 2.54. The molecule has 0 aromatic heterocycles. The fraction of sp³-hybridized carbons (Fsp3) is 0.900. The summed E-state index contributed by atoms with van der Waals surface area (Å²) in [5.74, 6) is 0. The van der Waals surface area contributed by atoms with Crippen molar-refractivity contribution < 1.29 is 9.84 Å². The molecule has 0 bridgehead atoms. The summed E-state index contributed by atoms with van der Waals surface area (Å²) in [6.45, 7) is 3.25. The third-order valence-electron chi connectivity index (χ3n) is 4.03. The second-order valence-electron chi connectivity index (χ2n) is 6.25. The zero-order valence-corrected chi connectivity index (χ0v) is 15.0. The monoisotopic (exact) mass is 311 g/mol. The van der Waals surface area contributed by atoms with Gasteiger partial charge in [-0.3, -0.25) is 0 Å². The topological polar surface area (TPSA) is 29.1 Å². The van der Waals surface area contributed by atoms with E-state index in [0.29, 0.717) is 6.61 Å². The van der Waals surface area contributed by atoms with Crippen molar-refractivity contribution in [2.24, 2.45) is 0 Å². The Bertz CT molecular complexity index is 214. The molecule has 0 unspecified atom stereocenters. The third-order valence-corrected chi connectivity index (χ3v) is 4.03. The molecule has 0 spiro atoms. The van der Waals surface area contributed by atoms with Crippen LogP contribution in [0.4, 0.5) is 0 Å². The van der Waals surface area contributed by atoms with Crippen molar-refractivity contribution in [1.29, 1.82) is 0 Å². The summed E-state index contributed by atoms with van der Waals surface area (Å²) < 4.78 is 5.16. The lowest BCUT2D eigenvalue weighted by molar-refractivity contribution is 0.0630. The number of hydrogen-bond acceptors (Lipinski definition) is 1. The van der Waals surface area contributed by atoms with E-state index in [4.69, 9.17) is 4.74 Å². The highest BCUT2D eigenvalue weighted by atomic mass is 16.5. The van der Waals surface area contributed by atoms with E-state index in [9.17, 15) is 5.11 Å². The summed E-state index contributed by atoms with van der Waals surface area (Å²) in [5.41, 5.74) is 0. The van der Waals surface area contributed by atoms with Crippen LogP contribution in [0.25, 0.3) is 0 Å². The summed E-state index contributed by atoms with van der Waals surface area (Å²) in [7, 11) is 0. The summed E-state index contributed by atoms with van der Waals surface area (Å²) in [4.78, 5) is 0. The van der Waals surface area contributed by atoms with Crippen LogP contribution >= 0.6 is 0 Å². The fourth-order valence-corrected chi connectivity index (χ4v) is 2.63. The van der Waals surface area contributed by atoms with E-state index in [1.165, 1.54) is 77.0 Å². The molecule has 0 fully saturated rings. The summed E-state index contributed by atoms with van der Waals surface area (Å²) in [6.07, 6.45) is 23.4. The van der Waals surface area contributed by atoms with Gasteiger partial charge in [-0.1, -0.05) is 83.3 Å². The van der Waals surface area contributed by atoms with E-state index in [0.717, 1.165) is 19.4 Å². The van der Waals surface area contributed by atoms with Gasteiger partial charge in [0.05, 0.1) is 6.61 Å². The maximum atomic E-state index is 10.2. The smallest absolute Gasteiger partial charge is 0.106 e. The molecule has 0 aliphatic heterocycles. The van der Waals surface area contributed by atoms with Crippen LogP contribution in [0.15, 0.2) is 12.2 Å². The van der Waals surface area contributed by atoms with Crippen LogP contribution in [-0.2, 0) is 9.84 Å². The molecule has 0 N–H and O–H groups in total. The van der Waals surface area contributed by atoms with Crippen molar-refractivity contribution in [3.05, 3.63) is 12.2 Å². The minimum Gasteiger partial charge on any atom is -0.379 e. The SMILES string of the molecule is CCCCCCCCCCCCCC=CCCCOCC[O]. The Balaban J connectivity index is 3.01. The molecule has 0 rings (SSSR count). The number of allylic oxidation sites excluding steroid dienone is 2. The highest BCUT2D eigenvalue weighted by molar-refractivity contribution is 4.81. The first-order chi connectivity index (χ1) is 10.9. The second kappa shape index (κ2) is 20.7. The third kappa shape index (κ3) is 19.7. The van der Waals surface area contributed by atoms with E-state index < -0.39 is 0 Å². The largest absolute Gasteiger partial charge is 0.379 e. The molecular weight excluding hydrogens is 272 g/mol. The molecule has 1 radical (unpaired) electrons. The molecule has 2 nitrogen and oxygen atoms in total. The van der Waals surface area contributed by atoms with Gasteiger partial charge in [0, 0.05) is 6.61 Å². The van der Waals surface area contributed by atoms with Gasteiger partial charge in [-0.25, -0.2) is 5.11 Å². The fourth-order valence-electron chi connectivity index (χ4n) is 2.63. The number of ether oxygens (including phenoxy) is 1. The maximum Gasteiger partial charge on any atom is 0.106 e. The predicted molar refractivity (Wildman–Crippen MR) is 95.8 cm³/mol. The van der Waals surface area contributed by atoms with Gasteiger partial charge in [0.25, 0.3) is 0 Å². The van der Waals surface area contributed by atoms with Gasteiger partial charge >= 0.3 is 0 Å². The Hall–Kier alpha value is -0.340. The minimum atomic E-state index is -0.116. The normalized spacial score (nSPS) is 11.5. The van der Waals surface area contributed by atoms with Crippen molar-refractivity contribution in [3.8, 4) is 0 Å². The van der Waals surface area contributed by atoms with Gasteiger partial charge in [-0.05, 0) is 25.7 Å². The van der Waals surface area contributed by atoms with Crippen molar-refractivity contribution in [2.45, 2.75) is 96.8 Å². The first kappa shape index (κ1) is 21.7. The Kier molecular flexibility index (Phi) is 20.3. The van der Waals surface area contributed by atoms with Crippen molar-refractivity contribution in [2.75, 3.05) is 19.8 Å². The number of hydrogen-bond donors (Lipinski definition) is 0. The summed E-state index contributed by atoms with van der Waals surface area (Å²) >= 11 is 0. The molecule has 0 aromatic carbocycles. The molecule has 0 aliphatic carbocycles. The molecule has 131 valence electrons. The van der Waals surface area contributed by atoms with Crippen molar-refractivity contribution >= 4 is 0 Å². The van der Waals surface area contributed by atoms with Crippen LogP contribution in [0.1, 0.15) is 96.8 Å². The van der Waals surface area contributed by atoms with Crippen LogP contribution in [0, 0.1) is 0 Å². The molecule has 0 amide bonds. The average molecular weight is 312 g/mol. The molecule has 22 heavy (non-hydrogen) atoms. The Morgan fingerprint density at radius 3 is 1.68 bits per heavy atom. The van der Waals surface area contributed by atoms with Gasteiger partial charge in [-0.15, -0.1) is 0 Å². The van der Waals surface area contributed by atoms with Crippen LogP contribution in [0.5, 0.6) is 0 Å². The van der Waals surface area contributed by atoms with E-state index in [2.05, 4.69) is 19.1 Å². The molecule has 0 heterocycles. The van der Waals surface area contributed by atoms with Gasteiger partial charge in [0.1, 0.15) is 6.61 Å². The highest BCUT2D eigenvalue weighted by Crippen LogP contribution is 2.12. The highest BCUT2D eigenvalue weighted by Gasteiger charge is 1.92. The van der Waals surface area contributed by atoms with E-state index in [1.807, 2.05) is 0 Å². The maximum absolute atomic E-state index is 10.2. The lowest BCUT2D eigenvalue weighted by Gasteiger charge is -2.01. The van der Waals surface area contributed by atoms with E-state index in [1.54, 1.807) is 0 Å². The Labute approximate surface area is 139 Å². The zero-order valence-electron chi connectivity index (χ0n) is 15.0. The first-order valence-corrected chi connectivity index (χ1v) is 9.72. The lowest BCUT2D eigenvalue weighted by Crippen LogP contribution is -1.99. The van der Waals surface area contributed by atoms with Gasteiger partial charge in [0.2, 0.25) is 0 Å². The minimum absolute atomic E-state index is 0.116. The van der Waals surface area contributed by atoms with E-state index in [-0.39, 0.29) is 6.61 Å². The van der Waals surface area contributed by atoms with E-state index >= 15 is 0 Å².